The van der Waals surface area contributed by atoms with Crippen LogP contribution in [0.2, 0.25) is 0 Å². The Hall–Kier alpha value is -1.08. The third kappa shape index (κ3) is 2.84. The van der Waals surface area contributed by atoms with Crippen LogP contribution in [-0.2, 0) is 17.1 Å². The third-order valence-electron chi connectivity index (χ3n) is 3.42. The highest BCUT2D eigenvalue weighted by atomic mass is 32.2. The van der Waals surface area contributed by atoms with Crippen molar-refractivity contribution >= 4 is 15.8 Å². The van der Waals surface area contributed by atoms with Crippen LogP contribution in [-0.4, -0.2) is 24.2 Å². The minimum absolute atomic E-state index is 0.0251. The fraction of sp³-hybridized carbons (Fsp3) is 0.727. The molecule has 0 aromatic carbocycles. The molecule has 0 bridgehead atoms. The number of aryl methyl sites for hydroxylation is 1. The van der Waals surface area contributed by atoms with E-state index in [9.17, 15) is 8.42 Å². The van der Waals surface area contributed by atoms with Gasteiger partial charge in [0, 0.05) is 13.1 Å². The lowest BCUT2D eigenvalue weighted by molar-refractivity contribution is 0.510. The van der Waals surface area contributed by atoms with E-state index in [2.05, 4.69) is 9.82 Å². The second kappa shape index (κ2) is 5.27. The minimum Gasteiger partial charge on any atom is -0.383 e. The van der Waals surface area contributed by atoms with Crippen LogP contribution < -0.4 is 10.5 Å². The number of rotatable bonds is 3. The fourth-order valence-electron chi connectivity index (χ4n) is 2.31. The van der Waals surface area contributed by atoms with Crippen molar-refractivity contribution in [1.29, 1.82) is 0 Å². The average molecular weight is 272 g/mol. The minimum atomic E-state index is -3.54. The largest absolute Gasteiger partial charge is 0.383 e. The first-order chi connectivity index (χ1) is 8.50. The predicted molar refractivity (Wildman–Crippen MR) is 69.4 cm³/mol. The first kappa shape index (κ1) is 13.4. The summed E-state index contributed by atoms with van der Waals surface area (Å²) < 4.78 is 28.5. The Morgan fingerprint density at radius 3 is 2.44 bits per heavy atom. The van der Waals surface area contributed by atoms with Crippen molar-refractivity contribution < 1.29 is 8.42 Å². The Morgan fingerprint density at radius 1 is 1.33 bits per heavy atom. The number of nitrogens with zero attached hydrogens (tertiary/aromatic N) is 2. The zero-order chi connectivity index (χ0) is 13.2. The van der Waals surface area contributed by atoms with Crippen molar-refractivity contribution in [2.45, 2.75) is 49.5 Å². The quantitative estimate of drug-likeness (QED) is 0.803. The smallest absolute Gasteiger partial charge is 0.246 e. The second-order valence-corrected chi connectivity index (χ2v) is 6.51. The molecule has 1 aromatic heterocycles. The topological polar surface area (TPSA) is 90.0 Å². The summed E-state index contributed by atoms with van der Waals surface area (Å²) in [7, 11) is -1.92. The Kier molecular flexibility index (Phi) is 3.91. The predicted octanol–water partition coefficient (Wildman–Crippen LogP) is 1.00. The number of anilines is 1. The van der Waals surface area contributed by atoms with Gasteiger partial charge >= 0.3 is 0 Å². The molecular formula is C11H20N4O2S. The molecule has 1 aromatic rings. The van der Waals surface area contributed by atoms with E-state index in [-0.39, 0.29) is 16.8 Å². The van der Waals surface area contributed by atoms with Gasteiger partial charge in [-0.25, -0.2) is 13.1 Å². The van der Waals surface area contributed by atoms with E-state index in [0.29, 0.717) is 0 Å². The summed E-state index contributed by atoms with van der Waals surface area (Å²) in [6, 6.07) is 0.0251. The van der Waals surface area contributed by atoms with Crippen LogP contribution in [0.15, 0.2) is 11.1 Å². The summed E-state index contributed by atoms with van der Waals surface area (Å²) in [6.45, 7) is 0. The molecule has 0 aliphatic heterocycles. The average Bonchev–Trinajstić information content (AvgIpc) is 2.54. The fourth-order valence-corrected chi connectivity index (χ4v) is 3.71. The van der Waals surface area contributed by atoms with Crippen molar-refractivity contribution in [3.8, 4) is 0 Å². The first-order valence-electron chi connectivity index (χ1n) is 6.30. The van der Waals surface area contributed by atoms with Gasteiger partial charge in [-0.1, -0.05) is 25.7 Å². The van der Waals surface area contributed by atoms with Gasteiger partial charge in [0.15, 0.2) is 0 Å². The molecule has 18 heavy (non-hydrogen) atoms. The molecule has 7 heteroatoms. The highest BCUT2D eigenvalue weighted by Gasteiger charge is 2.24. The van der Waals surface area contributed by atoms with E-state index in [0.717, 1.165) is 25.7 Å². The summed E-state index contributed by atoms with van der Waals surface area (Å²) >= 11 is 0. The molecule has 1 fully saturated rings. The molecule has 0 saturated heterocycles. The number of nitrogens with two attached hydrogens (primary N) is 1. The lowest BCUT2D eigenvalue weighted by atomic mass is 10.1. The van der Waals surface area contributed by atoms with E-state index < -0.39 is 10.0 Å². The molecule has 0 unspecified atom stereocenters. The van der Waals surface area contributed by atoms with Crippen LogP contribution in [0.4, 0.5) is 5.82 Å². The van der Waals surface area contributed by atoms with Crippen molar-refractivity contribution in [1.82, 2.24) is 14.5 Å². The molecule has 1 aliphatic rings. The van der Waals surface area contributed by atoms with Gasteiger partial charge in [-0.2, -0.15) is 5.10 Å². The van der Waals surface area contributed by atoms with Crippen LogP contribution >= 0.6 is 0 Å². The van der Waals surface area contributed by atoms with Gasteiger partial charge in [-0.15, -0.1) is 0 Å². The van der Waals surface area contributed by atoms with Gasteiger partial charge in [0.1, 0.15) is 10.7 Å². The molecule has 0 radical (unpaired) electrons. The number of sulfonamides is 1. The summed E-state index contributed by atoms with van der Waals surface area (Å²) in [5.74, 6) is 0.177. The normalized spacial score (nSPS) is 18.7. The van der Waals surface area contributed by atoms with E-state index in [1.54, 1.807) is 7.05 Å². The molecule has 3 N–H and O–H groups in total. The lowest BCUT2D eigenvalue weighted by Gasteiger charge is -2.15. The number of aromatic nitrogens is 2. The molecule has 6 nitrogen and oxygen atoms in total. The zero-order valence-corrected chi connectivity index (χ0v) is 11.4. The second-order valence-electron chi connectivity index (χ2n) is 4.83. The van der Waals surface area contributed by atoms with Crippen molar-refractivity contribution in [3.63, 3.8) is 0 Å². The maximum atomic E-state index is 12.2. The summed E-state index contributed by atoms with van der Waals surface area (Å²) in [5, 5.41) is 3.87. The molecule has 1 aliphatic carbocycles. The van der Waals surface area contributed by atoms with Crippen molar-refractivity contribution in [2.24, 2.45) is 7.05 Å². The summed E-state index contributed by atoms with van der Waals surface area (Å²) in [5.41, 5.74) is 5.71. The molecule has 102 valence electrons. The van der Waals surface area contributed by atoms with E-state index in [1.807, 2.05) is 0 Å². The van der Waals surface area contributed by atoms with Crippen LogP contribution in [0.25, 0.3) is 0 Å². The maximum Gasteiger partial charge on any atom is 0.246 e. The van der Waals surface area contributed by atoms with Crippen LogP contribution in [0.3, 0.4) is 0 Å². The van der Waals surface area contributed by atoms with E-state index >= 15 is 0 Å². The standard InChI is InChI=1S/C11H20N4O2S/c1-15-11(12)10(8-13-15)18(16,17)14-9-6-4-2-3-5-7-9/h8-9,14H,2-7,12H2,1H3. The molecule has 0 amide bonds. The number of nitrogens with one attached hydrogen (secondary N) is 1. The van der Waals surface area contributed by atoms with E-state index in [1.165, 1.54) is 23.7 Å². The van der Waals surface area contributed by atoms with Gasteiger partial charge in [0.2, 0.25) is 10.0 Å². The summed E-state index contributed by atoms with van der Waals surface area (Å²) in [4.78, 5) is 0.0780. The van der Waals surface area contributed by atoms with Crippen molar-refractivity contribution in [3.05, 3.63) is 6.20 Å². The molecule has 0 atom stereocenters. The van der Waals surface area contributed by atoms with Gasteiger partial charge in [0.25, 0.3) is 0 Å². The van der Waals surface area contributed by atoms with Gasteiger partial charge in [-0.05, 0) is 12.8 Å². The Bertz CT molecular complexity index is 501. The maximum absolute atomic E-state index is 12.2. The number of hydrogen-bond donors (Lipinski definition) is 2. The molecule has 2 rings (SSSR count). The third-order valence-corrected chi connectivity index (χ3v) is 4.95. The van der Waals surface area contributed by atoms with Gasteiger partial charge in [0.05, 0.1) is 6.20 Å². The van der Waals surface area contributed by atoms with Crippen LogP contribution in [0, 0.1) is 0 Å². The first-order valence-corrected chi connectivity index (χ1v) is 7.79. The lowest BCUT2D eigenvalue weighted by Crippen LogP contribution is -2.34. The monoisotopic (exact) mass is 272 g/mol. The SMILES string of the molecule is Cn1ncc(S(=O)(=O)NC2CCCCCC2)c1N. The molecular weight excluding hydrogens is 252 g/mol. The van der Waals surface area contributed by atoms with Crippen LogP contribution in [0.5, 0.6) is 0 Å². The number of nitrogen functional groups attached to an aromatic ring is 1. The van der Waals surface area contributed by atoms with Crippen LogP contribution in [0.1, 0.15) is 38.5 Å². The Labute approximate surface area is 108 Å². The van der Waals surface area contributed by atoms with E-state index in [4.69, 9.17) is 5.73 Å². The Balaban J connectivity index is 2.14. The molecule has 1 saturated carbocycles. The van der Waals surface area contributed by atoms with Crippen molar-refractivity contribution in [2.75, 3.05) is 5.73 Å². The Morgan fingerprint density at radius 2 is 1.94 bits per heavy atom. The van der Waals surface area contributed by atoms with Gasteiger partial charge in [-0.3, -0.25) is 4.68 Å². The highest BCUT2D eigenvalue weighted by Crippen LogP contribution is 2.21. The highest BCUT2D eigenvalue weighted by molar-refractivity contribution is 7.89. The summed E-state index contributed by atoms with van der Waals surface area (Å²) in [6.07, 6.45) is 7.64. The number of hydrogen-bond acceptors (Lipinski definition) is 4. The zero-order valence-electron chi connectivity index (χ0n) is 10.6. The van der Waals surface area contributed by atoms with Gasteiger partial charge < -0.3 is 5.73 Å². The molecule has 1 heterocycles. The molecule has 0 spiro atoms.